The Morgan fingerprint density at radius 2 is 2.05 bits per heavy atom. The fraction of sp³-hybridized carbons (Fsp3) is 0.812. The Morgan fingerprint density at radius 3 is 2.62 bits per heavy atom. The fourth-order valence-electron chi connectivity index (χ4n) is 3.05. The number of nitrogens with one attached hydrogen (secondary N) is 1. The Hall–Kier alpha value is -1.07. The van der Waals surface area contributed by atoms with Gasteiger partial charge in [0, 0.05) is 37.8 Å². The van der Waals surface area contributed by atoms with Crippen LogP contribution < -0.4 is 10.2 Å². The Bertz CT molecular complexity index is 499. The highest BCUT2D eigenvalue weighted by Crippen LogP contribution is 2.29. The van der Waals surface area contributed by atoms with Gasteiger partial charge in [-0.15, -0.1) is 0 Å². The van der Waals surface area contributed by atoms with E-state index in [1.54, 1.807) is 0 Å². The SMILES string of the molecule is Cc1nn(C)c(N2CCCC(C)(O)C2)c1CNC(C)(C)C. The number of rotatable bonds is 3. The van der Waals surface area contributed by atoms with Crippen molar-refractivity contribution in [3.05, 3.63) is 11.3 Å². The predicted octanol–water partition coefficient (Wildman–Crippen LogP) is 1.97. The van der Waals surface area contributed by atoms with Gasteiger partial charge in [-0.05, 0) is 47.5 Å². The smallest absolute Gasteiger partial charge is 0.131 e. The Kier molecular flexibility index (Phi) is 4.36. The molecule has 0 aromatic carbocycles. The van der Waals surface area contributed by atoms with Crippen molar-refractivity contribution in [1.82, 2.24) is 15.1 Å². The van der Waals surface area contributed by atoms with Gasteiger partial charge in [0.05, 0.1) is 11.3 Å². The molecule has 0 spiro atoms. The van der Waals surface area contributed by atoms with E-state index in [0.717, 1.165) is 37.4 Å². The van der Waals surface area contributed by atoms with E-state index in [0.29, 0.717) is 6.54 Å². The van der Waals surface area contributed by atoms with Crippen molar-refractivity contribution in [2.45, 2.75) is 65.1 Å². The molecule has 5 heteroatoms. The second-order valence-electron chi connectivity index (χ2n) is 7.64. The molecule has 1 atom stereocenters. The van der Waals surface area contributed by atoms with Crippen LogP contribution in [0.5, 0.6) is 0 Å². The summed E-state index contributed by atoms with van der Waals surface area (Å²) in [5.74, 6) is 1.14. The number of hydrogen-bond donors (Lipinski definition) is 2. The Morgan fingerprint density at radius 1 is 1.38 bits per heavy atom. The first-order valence-corrected chi connectivity index (χ1v) is 7.84. The maximum atomic E-state index is 10.4. The average Bonchev–Trinajstić information content (AvgIpc) is 2.58. The lowest BCUT2D eigenvalue weighted by molar-refractivity contribution is 0.0444. The number of nitrogens with zero attached hydrogens (tertiary/aromatic N) is 3. The molecule has 0 radical (unpaired) electrons. The lowest BCUT2D eigenvalue weighted by atomic mass is 9.95. The number of aryl methyl sites for hydroxylation is 2. The number of piperidine rings is 1. The largest absolute Gasteiger partial charge is 0.388 e. The van der Waals surface area contributed by atoms with Gasteiger partial charge < -0.3 is 15.3 Å². The highest BCUT2D eigenvalue weighted by Gasteiger charge is 2.31. The van der Waals surface area contributed by atoms with E-state index < -0.39 is 5.60 Å². The third kappa shape index (κ3) is 3.98. The van der Waals surface area contributed by atoms with E-state index in [1.807, 2.05) is 18.7 Å². The molecule has 0 amide bonds. The first-order valence-electron chi connectivity index (χ1n) is 7.84. The molecular formula is C16H30N4O. The highest BCUT2D eigenvalue weighted by atomic mass is 16.3. The van der Waals surface area contributed by atoms with E-state index >= 15 is 0 Å². The van der Waals surface area contributed by atoms with Gasteiger partial charge in [0.15, 0.2) is 0 Å². The highest BCUT2D eigenvalue weighted by molar-refractivity contribution is 5.51. The molecule has 1 aromatic heterocycles. The monoisotopic (exact) mass is 294 g/mol. The summed E-state index contributed by atoms with van der Waals surface area (Å²) in [5, 5.41) is 18.5. The van der Waals surface area contributed by atoms with Crippen LogP contribution in [0.4, 0.5) is 5.82 Å². The number of aliphatic hydroxyl groups is 1. The van der Waals surface area contributed by atoms with Crippen LogP contribution in [0.3, 0.4) is 0 Å². The molecule has 0 aliphatic carbocycles. The van der Waals surface area contributed by atoms with E-state index in [-0.39, 0.29) is 5.54 Å². The zero-order valence-electron chi connectivity index (χ0n) is 14.3. The molecule has 1 saturated heterocycles. The standard InChI is InChI=1S/C16H30N4O/c1-12-13(10-17-15(2,3)4)14(19(6)18-12)20-9-7-8-16(5,21)11-20/h17,21H,7-11H2,1-6H3. The van der Waals surface area contributed by atoms with Crippen LogP contribution in [-0.4, -0.2) is 39.1 Å². The summed E-state index contributed by atoms with van der Waals surface area (Å²) in [7, 11) is 1.99. The average molecular weight is 294 g/mol. The minimum atomic E-state index is -0.606. The lowest BCUT2D eigenvalue weighted by Gasteiger charge is -2.38. The molecule has 0 bridgehead atoms. The Balaban J connectivity index is 2.26. The number of aromatic nitrogens is 2. The summed E-state index contributed by atoms with van der Waals surface area (Å²) < 4.78 is 1.95. The fourth-order valence-corrected chi connectivity index (χ4v) is 3.05. The molecule has 0 saturated carbocycles. The molecule has 1 fully saturated rings. The van der Waals surface area contributed by atoms with Crippen LogP contribution >= 0.6 is 0 Å². The van der Waals surface area contributed by atoms with E-state index in [1.165, 1.54) is 5.56 Å². The van der Waals surface area contributed by atoms with Crippen molar-refractivity contribution in [3.63, 3.8) is 0 Å². The summed E-state index contributed by atoms with van der Waals surface area (Å²) in [6.07, 6.45) is 1.89. The number of hydrogen-bond acceptors (Lipinski definition) is 4. The quantitative estimate of drug-likeness (QED) is 0.895. The molecule has 1 aromatic rings. The van der Waals surface area contributed by atoms with Gasteiger partial charge in [-0.3, -0.25) is 4.68 Å². The molecule has 5 nitrogen and oxygen atoms in total. The molecular weight excluding hydrogens is 264 g/mol. The van der Waals surface area contributed by atoms with E-state index in [4.69, 9.17) is 0 Å². The molecule has 1 unspecified atom stereocenters. The predicted molar refractivity (Wildman–Crippen MR) is 86.6 cm³/mol. The third-order valence-electron chi connectivity index (χ3n) is 4.08. The van der Waals surface area contributed by atoms with Gasteiger partial charge in [-0.2, -0.15) is 5.10 Å². The third-order valence-corrected chi connectivity index (χ3v) is 4.08. The summed E-state index contributed by atoms with van der Waals surface area (Å²) in [6.45, 7) is 13.0. The minimum absolute atomic E-state index is 0.0763. The van der Waals surface area contributed by atoms with Crippen LogP contribution in [-0.2, 0) is 13.6 Å². The van der Waals surface area contributed by atoms with Gasteiger partial charge in [-0.1, -0.05) is 0 Å². The summed E-state index contributed by atoms with van der Waals surface area (Å²) >= 11 is 0. The second-order valence-corrected chi connectivity index (χ2v) is 7.64. The molecule has 21 heavy (non-hydrogen) atoms. The van der Waals surface area contributed by atoms with Gasteiger partial charge in [0.1, 0.15) is 5.82 Å². The normalized spacial score (nSPS) is 23.7. The van der Waals surface area contributed by atoms with Crippen LogP contribution in [0.2, 0.25) is 0 Å². The van der Waals surface area contributed by atoms with Crippen molar-refractivity contribution in [3.8, 4) is 0 Å². The van der Waals surface area contributed by atoms with Crippen molar-refractivity contribution >= 4 is 5.82 Å². The molecule has 1 aliphatic rings. The van der Waals surface area contributed by atoms with Crippen LogP contribution in [0.1, 0.15) is 51.8 Å². The van der Waals surface area contributed by atoms with Crippen molar-refractivity contribution in [1.29, 1.82) is 0 Å². The summed E-state index contributed by atoms with van der Waals surface area (Å²) in [4.78, 5) is 2.28. The maximum Gasteiger partial charge on any atom is 0.131 e. The van der Waals surface area contributed by atoms with Gasteiger partial charge in [0.2, 0.25) is 0 Å². The van der Waals surface area contributed by atoms with Crippen LogP contribution in [0.25, 0.3) is 0 Å². The minimum Gasteiger partial charge on any atom is -0.388 e. The first-order chi connectivity index (χ1) is 9.59. The zero-order chi connectivity index (χ0) is 15.8. The van der Waals surface area contributed by atoms with Gasteiger partial charge >= 0.3 is 0 Å². The summed E-state index contributed by atoms with van der Waals surface area (Å²) in [6, 6.07) is 0. The second kappa shape index (κ2) is 5.61. The van der Waals surface area contributed by atoms with E-state index in [2.05, 4.69) is 43.0 Å². The van der Waals surface area contributed by atoms with Crippen molar-refractivity contribution < 1.29 is 5.11 Å². The topological polar surface area (TPSA) is 53.3 Å². The van der Waals surface area contributed by atoms with Gasteiger partial charge in [0.25, 0.3) is 0 Å². The maximum absolute atomic E-state index is 10.4. The van der Waals surface area contributed by atoms with Crippen LogP contribution in [0, 0.1) is 6.92 Å². The van der Waals surface area contributed by atoms with Crippen molar-refractivity contribution in [2.24, 2.45) is 7.05 Å². The van der Waals surface area contributed by atoms with Crippen LogP contribution in [0.15, 0.2) is 0 Å². The summed E-state index contributed by atoms with van der Waals surface area (Å²) in [5.41, 5.74) is 1.78. The molecule has 2 rings (SSSR count). The molecule has 2 heterocycles. The molecule has 1 aliphatic heterocycles. The van der Waals surface area contributed by atoms with E-state index in [9.17, 15) is 5.11 Å². The van der Waals surface area contributed by atoms with Gasteiger partial charge in [-0.25, -0.2) is 0 Å². The lowest BCUT2D eigenvalue weighted by Crippen LogP contribution is -2.47. The molecule has 120 valence electrons. The number of β-amino-alcohol motifs (C(OH)–C–C–N with tert-alkyl or cyclic N) is 1. The number of anilines is 1. The first kappa shape index (κ1) is 16.3. The van der Waals surface area contributed by atoms with Crippen molar-refractivity contribution in [2.75, 3.05) is 18.0 Å². The molecule has 2 N–H and O–H groups in total. The zero-order valence-corrected chi connectivity index (χ0v) is 14.3. The Labute approximate surface area is 128 Å².